The molecule has 0 aliphatic heterocycles. The summed E-state index contributed by atoms with van der Waals surface area (Å²) in [6.07, 6.45) is 1.14. The van der Waals surface area contributed by atoms with Crippen molar-refractivity contribution in [3.63, 3.8) is 0 Å². The number of sulfone groups is 1. The molecule has 0 atom stereocenters. The van der Waals surface area contributed by atoms with Gasteiger partial charge in [0.2, 0.25) is 0 Å². The summed E-state index contributed by atoms with van der Waals surface area (Å²) in [6.45, 7) is 1.76. The summed E-state index contributed by atoms with van der Waals surface area (Å²) in [5.74, 6) is -0.389. The number of esters is 1. The topological polar surface area (TPSA) is 86.7 Å². The molecule has 1 aromatic rings. The number of ether oxygens (including phenoxy) is 2. The summed E-state index contributed by atoms with van der Waals surface area (Å²) in [5.41, 5.74) is 0. The van der Waals surface area contributed by atoms with Crippen molar-refractivity contribution >= 4 is 21.6 Å². The van der Waals surface area contributed by atoms with E-state index in [4.69, 9.17) is 9.47 Å². The molecule has 0 unspecified atom stereocenters. The maximum absolute atomic E-state index is 11.6. The fraction of sp³-hybridized carbons (Fsp3) is 0.429. The molecule has 0 aromatic heterocycles. The third-order valence-electron chi connectivity index (χ3n) is 2.55. The molecular weight excluding hydrogens is 296 g/mol. The van der Waals surface area contributed by atoms with E-state index in [0.717, 1.165) is 6.26 Å². The Balaban J connectivity index is 2.48. The molecule has 0 amide bonds. The predicted molar refractivity (Wildman–Crippen MR) is 75.9 cm³/mol. The molecule has 0 aliphatic carbocycles. The Morgan fingerprint density at radius 2 is 1.90 bits per heavy atom. The van der Waals surface area contributed by atoms with Crippen molar-refractivity contribution in [1.29, 1.82) is 0 Å². The zero-order valence-electron chi connectivity index (χ0n) is 12.0. The fourth-order valence-corrected chi connectivity index (χ4v) is 2.16. The van der Waals surface area contributed by atoms with Crippen molar-refractivity contribution in [3.8, 4) is 5.75 Å². The molecule has 0 bridgehead atoms. The van der Waals surface area contributed by atoms with Crippen molar-refractivity contribution in [2.45, 2.75) is 24.7 Å². The molecule has 0 saturated heterocycles. The molecule has 0 N–H and O–H groups in total. The third-order valence-corrected chi connectivity index (χ3v) is 3.66. The number of carbonyl (C=O) groups excluding carboxylic acids is 2. The molecule has 6 nitrogen and oxygen atoms in total. The summed E-state index contributed by atoms with van der Waals surface area (Å²) in [5, 5.41) is 0. The van der Waals surface area contributed by atoms with Gasteiger partial charge < -0.3 is 9.47 Å². The molecule has 0 heterocycles. The van der Waals surface area contributed by atoms with Crippen LogP contribution in [0.3, 0.4) is 0 Å². The molecule has 0 radical (unpaired) electrons. The van der Waals surface area contributed by atoms with Crippen LogP contribution in [0.2, 0.25) is 0 Å². The predicted octanol–water partition coefficient (Wildman–Crippen LogP) is 1.38. The van der Waals surface area contributed by atoms with Crippen molar-refractivity contribution in [1.82, 2.24) is 0 Å². The molecule has 0 spiro atoms. The van der Waals surface area contributed by atoms with Crippen LogP contribution in [0.15, 0.2) is 29.2 Å². The second kappa shape index (κ2) is 7.78. The van der Waals surface area contributed by atoms with Gasteiger partial charge in [0, 0.05) is 12.7 Å². The van der Waals surface area contributed by atoms with Crippen LogP contribution in [0.5, 0.6) is 5.75 Å². The zero-order valence-corrected chi connectivity index (χ0v) is 12.8. The van der Waals surface area contributed by atoms with E-state index >= 15 is 0 Å². The first-order valence-electron chi connectivity index (χ1n) is 6.43. The molecule has 21 heavy (non-hydrogen) atoms. The summed E-state index contributed by atoms with van der Waals surface area (Å²) >= 11 is 0. The second-order valence-electron chi connectivity index (χ2n) is 4.38. The van der Waals surface area contributed by atoms with Gasteiger partial charge in [-0.05, 0) is 25.1 Å². The monoisotopic (exact) mass is 314 g/mol. The van der Waals surface area contributed by atoms with Gasteiger partial charge in [-0.1, -0.05) is 6.07 Å². The number of benzene rings is 1. The highest BCUT2D eigenvalue weighted by Gasteiger charge is 2.10. The van der Waals surface area contributed by atoms with Gasteiger partial charge in [0.1, 0.15) is 12.4 Å². The Kier molecular flexibility index (Phi) is 6.36. The number of carbonyl (C=O) groups is 2. The van der Waals surface area contributed by atoms with Crippen LogP contribution < -0.4 is 4.74 Å². The fourth-order valence-electron chi connectivity index (χ4n) is 1.51. The summed E-state index contributed by atoms with van der Waals surface area (Å²) in [4.78, 5) is 22.8. The van der Waals surface area contributed by atoms with E-state index in [1.807, 2.05) is 0 Å². The van der Waals surface area contributed by atoms with Crippen molar-refractivity contribution in [3.05, 3.63) is 24.3 Å². The minimum absolute atomic E-state index is 0.0133. The van der Waals surface area contributed by atoms with Gasteiger partial charge in [-0.3, -0.25) is 9.59 Å². The van der Waals surface area contributed by atoms with Crippen LogP contribution >= 0.6 is 0 Å². The van der Waals surface area contributed by atoms with E-state index in [1.165, 1.54) is 18.2 Å². The highest BCUT2D eigenvalue weighted by molar-refractivity contribution is 7.90. The normalized spacial score (nSPS) is 11.0. The minimum atomic E-state index is -3.32. The standard InChI is InChI=1S/C14H18O6S/c1-3-19-14(16)8-7-11(15)10-20-12-5-4-6-13(9-12)21(2,17)18/h4-6,9H,3,7-8,10H2,1-2H3. The zero-order chi connectivity index (χ0) is 15.9. The van der Waals surface area contributed by atoms with Crippen LogP contribution in [0.4, 0.5) is 0 Å². The lowest BCUT2D eigenvalue weighted by molar-refractivity contribution is -0.144. The Hall–Kier alpha value is -1.89. The number of hydrogen-bond acceptors (Lipinski definition) is 6. The largest absolute Gasteiger partial charge is 0.486 e. The van der Waals surface area contributed by atoms with Gasteiger partial charge in [-0.15, -0.1) is 0 Å². The first-order valence-corrected chi connectivity index (χ1v) is 8.32. The summed E-state index contributed by atoms with van der Waals surface area (Å²) in [7, 11) is -3.32. The van der Waals surface area contributed by atoms with Crippen molar-refractivity contribution in [2.24, 2.45) is 0 Å². The Bertz CT molecular complexity index is 606. The van der Waals surface area contributed by atoms with E-state index in [9.17, 15) is 18.0 Å². The lowest BCUT2D eigenvalue weighted by Crippen LogP contribution is -2.14. The maximum Gasteiger partial charge on any atom is 0.306 e. The average Bonchev–Trinajstić information content (AvgIpc) is 2.42. The van der Waals surface area contributed by atoms with E-state index in [0.29, 0.717) is 5.75 Å². The lowest BCUT2D eigenvalue weighted by Gasteiger charge is -2.07. The number of ketones is 1. The highest BCUT2D eigenvalue weighted by atomic mass is 32.2. The molecule has 0 saturated carbocycles. The van der Waals surface area contributed by atoms with Gasteiger partial charge >= 0.3 is 5.97 Å². The van der Waals surface area contributed by atoms with Crippen LogP contribution in [0.1, 0.15) is 19.8 Å². The lowest BCUT2D eigenvalue weighted by atomic mass is 10.2. The summed E-state index contributed by atoms with van der Waals surface area (Å²) < 4.78 is 32.7. The molecule has 116 valence electrons. The van der Waals surface area contributed by atoms with E-state index in [1.54, 1.807) is 13.0 Å². The van der Waals surface area contributed by atoms with Gasteiger partial charge in [0.15, 0.2) is 15.6 Å². The van der Waals surface area contributed by atoms with Crippen molar-refractivity contribution in [2.75, 3.05) is 19.5 Å². The van der Waals surface area contributed by atoms with Gasteiger partial charge in [0.25, 0.3) is 0 Å². The van der Waals surface area contributed by atoms with E-state index in [-0.39, 0.29) is 36.7 Å². The molecule has 1 aromatic carbocycles. The van der Waals surface area contributed by atoms with Crippen LogP contribution in [0, 0.1) is 0 Å². The SMILES string of the molecule is CCOC(=O)CCC(=O)COc1cccc(S(C)(=O)=O)c1. The van der Waals surface area contributed by atoms with Crippen LogP contribution in [-0.2, 0) is 24.2 Å². The van der Waals surface area contributed by atoms with Crippen LogP contribution in [0.25, 0.3) is 0 Å². The second-order valence-corrected chi connectivity index (χ2v) is 6.40. The Labute approximate surface area is 124 Å². The van der Waals surface area contributed by atoms with Crippen molar-refractivity contribution < 1.29 is 27.5 Å². The van der Waals surface area contributed by atoms with Gasteiger partial charge in [0.05, 0.1) is 17.9 Å². The molecular formula is C14H18O6S. The smallest absolute Gasteiger partial charge is 0.306 e. The minimum Gasteiger partial charge on any atom is -0.486 e. The number of rotatable bonds is 8. The first-order chi connectivity index (χ1) is 9.82. The average molecular weight is 314 g/mol. The molecule has 7 heteroatoms. The van der Waals surface area contributed by atoms with E-state index in [2.05, 4.69) is 0 Å². The third kappa shape index (κ3) is 6.40. The molecule has 1 rings (SSSR count). The van der Waals surface area contributed by atoms with E-state index < -0.39 is 15.8 Å². The molecule has 0 fully saturated rings. The molecule has 0 aliphatic rings. The van der Waals surface area contributed by atoms with Gasteiger partial charge in [-0.25, -0.2) is 8.42 Å². The summed E-state index contributed by atoms with van der Waals surface area (Å²) in [6, 6.07) is 5.90. The maximum atomic E-state index is 11.6. The quantitative estimate of drug-likeness (QED) is 0.674. The number of Topliss-reactive ketones (excluding diaryl/α,β-unsaturated/α-hetero) is 1. The van der Waals surface area contributed by atoms with Gasteiger partial charge in [-0.2, -0.15) is 0 Å². The first kappa shape index (κ1) is 17.2. The Morgan fingerprint density at radius 1 is 1.19 bits per heavy atom. The van der Waals surface area contributed by atoms with Crippen LogP contribution in [-0.4, -0.2) is 39.6 Å². The highest BCUT2D eigenvalue weighted by Crippen LogP contribution is 2.17. The Morgan fingerprint density at radius 3 is 2.52 bits per heavy atom. The number of hydrogen-bond donors (Lipinski definition) is 0.